The topological polar surface area (TPSA) is 124 Å². The summed E-state index contributed by atoms with van der Waals surface area (Å²) in [5.74, 6) is -0.815. The first-order valence-electron chi connectivity index (χ1n) is 6.06. The molecule has 1 fully saturated rings. The van der Waals surface area contributed by atoms with Crippen LogP contribution in [0.2, 0.25) is 0 Å². The number of carboxylic acids is 1. The van der Waals surface area contributed by atoms with Crippen LogP contribution in [0.4, 0.5) is 4.79 Å². The second-order valence-electron chi connectivity index (χ2n) is 4.64. The Morgan fingerprint density at radius 2 is 2.37 bits per heavy atom. The van der Waals surface area contributed by atoms with E-state index in [-0.39, 0.29) is 24.4 Å². The molecule has 2 heterocycles. The van der Waals surface area contributed by atoms with Crippen molar-refractivity contribution in [3.8, 4) is 0 Å². The third kappa shape index (κ3) is 3.18. The number of amides is 2. The number of aromatic amines is 1. The number of nitrogens with zero attached hydrogens (tertiary/aromatic N) is 4. The number of aliphatic carboxylic acids is 1. The normalized spacial score (nSPS) is 23.1. The molecular weight excluding hydrogens is 252 g/mol. The van der Waals surface area contributed by atoms with Crippen LogP contribution >= 0.6 is 0 Å². The van der Waals surface area contributed by atoms with Crippen LogP contribution < -0.4 is 5.32 Å². The minimum Gasteiger partial charge on any atom is -0.481 e. The van der Waals surface area contributed by atoms with Gasteiger partial charge in [-0.15, -0.1) is 10.2 Å². The van der Waals surface area contributed by atoms with Crippen LogP contribution in [-0.4, -0.2) is 55.7 Å². The number of tetrazole rings is 1. The van der Waals surface area contributed by atoms with Crippen LogP contribution in [0.3, 0.4) is 0 Å². The maximum absolute atomic E-state index is 11.9. The quantitative estimate of drug-likeness (QED) is 0.675. The number of carbonyl (C=O) groups is 2. The SMILES string of the molecule is CC1CN(C(=O)NCc2nn[nH]n2)CCC1C(=O)O. The van der Waals surface area contributed by atoms with Gasteiger partial charge in [-0.2, -0.15) is 5.21 Å². The van der Waals surface area contributed by atoms with E-state index in [2.05, 4.69) is 25.9 Å². The Bertz CT molecular complexity index is 448. The first kappa shape index (κ1) is 13.2. The van der Waals surface area contributed by atoms with Gasteiger partial charge in [0.1, 0.15) is 0 Å². The molecule has 1 aliphatic rings. The number of nitrogens with one attached hydrogen (secondary N) is 2. The van der Waals surface area contributed by atoms with E-state index in [0.29, 0.717) is 25.3 Å². The van der Waals surface area contributed by atoms with Gasteiger partial charge in [-0.3, -0.25) is 4.79 Å². The van der Waals surface area contributed by atoms with Crippen LogP contribution in [-0.2, 0) is 11.3 Å². The van der Waals surface area contributed by atoms with Gasteiger partial charge < -0.3 is 15.3 Å². The molecule has 19 heavy (non-hydrogen) atoms. The highest BCUT2D eigenvalue weighted by atomic mass is 16.4. The van der Waals surface area contributed by atoms with E-state index < -0.39 is 5.97 Å². The first-order valence-corrected chi connectivity index (χ1v) is 6.06. The molecule has 1 aromatic heterocycles. The van der Waals surface area contributed by atoms with Gasteiger partial charge in [-0.1, -0.05) is 12.1 Å². The second-order valence-corrected chi connectivity index (χ2v) is 4.64. The van der Waals surface area contributed by atoms with Crippen molar-refractivity contribution in [1.29, 1.82) is 0 Å². The monoisotopic (exact) mass is 268 g/mol. The van der Waals surface area contributed by atoms with Gasteiger partial charge in [0.25, 0.3) is 0 Å². The Labute approximate surface area is 109 Å². The number of carboxylic acid groups (broad SMARTS) is 1. The summed E-state index contributed by atoms with van der Waals surface area (Å²) in [7, 11) is 0. The summed E-state index contributed by atoms with van der Waals surface area (Å²) < 4.78 is 0. The minimum absolute atomic E-state index is 0.0535. The lowest BCUT2D eigenvalue weighted by molar-refractivity contribution is -0.145. The summed E-state index contributed by atoms with van der Waals surface area (Å²) in [6.45, 7) is 2.93. The molecule has 9 nitrogen and oxygen atoms in total. The molecule has 0 saturated carbocycles. The number of hydrogen-bond acceptors (Lipinski definition) is 5. The van der Waals surface area contributed by atoms with E-state index in [1.165, 1.54) is 0 Å². The van der Waals surface area contributed by atoms with Crippen molar-refractivity contribution in [3.63, 3.8) is 0 Å². The Balaban J connectivity index is 1.82. The molecule has 1 aromatic rings. The molecule has 0 aliphatic carbocycles. The van der Waals surface area contributed by atoms with Gasteiger partial charge >= 0.3 is 12.0 Å². The average Bonchev–Trinajstić information content (AvgIpc) is 2.88. The molecule has 0 bridgehead atoms. The molecule has 2 amide bonds. The van der Waals surface area contributed by atoms with E-state index in [4.69, 9.17) is 5.11 Å². The number of urea groups is 1. The van der Waals surface area contributed by atoms with Gasteiger partial charge in [0, 0.05) is 13.1 Å². The van der Waals surface area contributed by atoms with Crippen LogP contribution in [0.5, 0.6) is 0 Å². The van der Waals surface area contributed by atoms with Crippen molar-refractivity contribution < 1.29 is 14.7 Å². The highest BCUT2D eigenvalue weighted by Gasteiger charge is 2.32. The van der Waals surface area contributed by atoms with Gasteiger partial charge in [0.05, 0.1) is 12.5 Å². The van der Waals surface area contributed by atoms with Crippen molar-refractivity contribution in [2.45, 2.75) is 19.9 Å². The lowest BCUT2D eigenvalue weighted by Crippen LogP contribution is -2.48. The predicted molar refractivity (Wildman–Crippen MR) is 62.9 cm³/mol. The number of aromatic nitrogens is 4. The molecule has 3 N–H and O–H groups in total. The highest BCUT2D eigenvalue weighted by Crippen LogP contribution is 2.23. The maximum Gasteiger partial charge on any atom is 0.317 e. The summed E-state index contributed by atoms with van der Waals surface area (Å²) in [6.07, 6.45) is 0.478. The zero-order valence-corrected chi connectivity index (χ0v) is 10.5. The minimum atomic E-state index is -0.792. The third-order valence-corrected chi connectivity index (χ3v) is 3.30. The Kier molecular flexibility index (Phi) is 3.93. The molecule has 1 aliphatic heterocycles. The van der Waals surface area contributed by atoms with Gasteiger partial charge in [-0.05, 0) is 12.3 Å². The van der Waals surface area contributed by atoms with Gasteiger partial charge in [0.2, 0.25) is 0 Å². The zero-order valence-electron chi connectivity index (χ0n) is 10.5. The summed E-state index contributed by atoms with van der Waals surface area (Å²) >= 11 is 0. The second kappa shape index (κ2) is 5.63. The number of H-pyrrole nitrogens is 1. The average molecular weight is 268 g/mol. The molecule has 9 heteroatoms. The largest absolute Gasteiger partial charge is 0.481 e. The number of hydrogen-bond donors (Lipinski definition) is 3. The number of carbonyl (C=O) groups excluding carboxylic acids is 1. The molecule has 2 atom stereocenters. The molecule has 1 saturated heterocycles. The standard InChI is InChI=1S/C10H16N6O3/c1-6-5-16(3-2-7(6)9(17)18)10(19)11-4-8-12-14-15-13-8/h6-7H,2-5H2,1H3,(H,11,19)(H,17,18)(H,12,13,14,15). The Morgan fingerprint density at radius 3 is 2.95 bits per heavy atom. The van der Waals surface area contributed by atoms with Crippen LogP contribution in [0.25, 0.3) is 0 Å². The molecular formula is C10H16N6O3. The molecule has 0 aromatic carbocycles. The van der Waals surface area contributed by atoms with Gasteiger partial charge in [0.15, 0.2) is 5.82 Å². The van der Waals surface area contributed by atoms with Crippen molar-refractivity contribution in [3.05, 3.63) is 5.82 Å². The Hall–Kier alpha value is -2.19. The number of piperidine rings is 1. The summed E-state index contributed by atoms with van der Waals surface area (Å²) in [5, 5.41) is 24.8. The lowest BCUT2D eigenvalue weighted by Gasteiger charge is -2.34. The predicted octanol–water partition coefficient (Wildman–Crippen LogP) is -0.548. The maximum atomic E-state index is 11.9. The van der Waals surface area contributed by atoms with E-state index in [9.17, 15) is 9.59 Å². The van der Waals surface area contributed by atoms with Crippen molar-refractivity contribution >= 4 is 12.0 Å². The highest BCUT2D eigenvalue weighted by molar-refractivity contribution is 5.75. The molecule has 2 rings (SSSR count). The van der Waals surface area contributed by atoms with Gasteiger partial charge in [-0.25, -0.2) is 4.79 Å². The van der Waals surface area contributed by atoms with E-state index >= 15 is 0 Å². The number of likely N-dealkylation sites (tertiary alicyclic amines) is 1. The van der Waals surface area contributed by atoms with E-state index in [1.807, 2.05) is 6.92 Å². The van der Waals surface area contributed by atoms with E-state index in [1.54, 1.807) is 4.90 Å². The first-order chi connectivity index (χ1) is 9.08. The smallest absolute Gasteiger partial charge is 0.317 e. The molecule has 0 spiro atoms. The Morgan fingerprint density at radius 1 is 1.58 bits per heavy atom. The fraction of sp³-hybridized carbons (Fsp3) is 0.700. The zero-order chi connectivity index (χ0) is 13.8. The fourth-order valence-corrected chi connectivity index (χ4v) is 2.22. The van der Waals surface area contributed by atoms with Crippen LogP contribution in [0, 0.1) is 11.8 Å². The molecule has 0 radical (unpaired) electrons. The summed E-state index contributed by atoms with van der Waals surface area (Å²) in [6, 6.07) is -0.236. The number of rotatable bonds is 3. The van der Waals surface area contributed by atoms with E-state index in [0.717, 1.165) is 0 Å². The van der Waals surface area contributed by atoms with Crippen LogP contribution in [0.1, 0.15) is 19.2 Å². The van der Waals surface area contributed by atoms with Crippen molar-refractivity contribution in [2.24, 2.45) is 11.8 Å². The molecule has 2 unspecified atom stereocenters. The van der Waals surface area contributed by atoms with Crippen LogP contribution in [0.15, 0.2) is 0 Å². The van der Waals surface area contributed by atoms with Crippen molar-refractivity contribution in [1.82, 2.24) is 30.8 Å². The molecule has 104 valence electrons. The summed E-state index contributed by atoms with van der Waals surface area (Å²) in [4.78, 5) is 24.5. The third-order valence-electron chi connectivity index (χ3n) is 3.30. The fourth-order valence-electron chi connectivity index (χ4n) is 2.22. The lowest BCUT2D eigenvalue weighted by atomic mass is 9.87. The summed E-state index contributed by atoms with van der Waals surface area (Å²) in [5.41, 5.74) is 0. The van der Waals surface area contributed by atoms with Crippen molar-refractivity contribution in [2.75, 3.05) is 13.1 Å².